The van der Waals surface area contributed by atoms with Gasteiger partial charge in [0.1, 0.15) is 0 Å². The summed E-state index contributed by atoms with van der Waals surface area (Å²) in [6.07, 6.45) is 70.6. The monoisotopic (exact) mass is 958 g/mol. The molecule has 0 saturated carbocycles. The fraction of sp³-hybridized carbons (Fsp3) is 0.903. The highest BCUT2D eigenvalue weighted by Gasteiger charge is 2.18. The van der Waals surface area contributed by atoms with E-state index in [1.165, 1.54) is 250 Å². The normalized spacial score (nSPS) is 12.7. The number of carbonyl (C=O) groups is 2. The van der Waals surface area contributed by atoms with Crippen LogP contribution in [0.3, 0.4) is 0 Å². The minimum absolute atomic E-state index is 0.0105. The summed E-state index contributed by atoms with van der Waals surface area (Å²) in [7, 11) is 0. The summed E-state index contributed by atoms with van der Waals surface area (Å²) in [5.41, 5.74) is 0. The number of rotatable bonds is 57. The van der Waals surface area contributed by atoms with Crippen molar-refractivity contribution in [3.05, 3.63) is 24.3 Å². The number of unbranched alkanes of at least 4 members (excludes halogenated alkanes) is 44. The van der Waals surface area contributed by atoms with Crippen LogP contribution >= 0.6 is 0 Å². The third-order valence-corrected chi connectivity index (χ3v) is 14.2. The molecule has 6 nitrogen and oxygen atoms in total. The van der Waals surface area contributed by atoms with E-state index in [2.05, 4.69) is 31.3 Å². The molecule has 2 unspecified atom stereocenters. The maximum Gasteiger partial charge on any atom is 0.305 e. The van der Waals surface area contributed by atoms with E-state index in [1.54, 1.807) is 6.08 Å². The SMILES string of the molecule is CCCCCCCC/C=C\CCCCCCCCCCCC(=O)OCCCCCCCCCCCCCCC(=O)NC(CO)C(O)/C=C/CCCCCCCCCCCCCCCCCCCC. The molecule has 68 heavy (non-hydrogen) atoms. The van der Waals surface area contributed by atoms with Gasteiger partial charge in [0.15, 0.2) is 0 Å². The van der Waals surface area contributed by atoms with Gasteiger partial charge < -0.3 is 20.3 Å². The first kappa shape index (κ1) is 66.3. The van der Waals surface area contributed by atoms with Crippen molar-refractivity contribution in [1.82, 2.24) is 5.32 Å². The second-order valence-corrected chi connectivity index (χ2v) is 21.0. The van der Waals surface area contributed by atoms with E-state index in [1.807, 2.05) is 6.08 Å². The Morgan fingerprint density at radius 2 is 0.691 bits per heavy atom. The Balaban J connectivity index is 3.47. The van der Waals surface area contributed by atoms with Crippen LogP contribution in [0.25, 0.3) is 0 Å². The Hall–Kier alpha value is -1.66. The molecule has 0 bridgehead atoms. The van der Waals surface area contributed by atoms with Crippen LogP contribution in [0, 0.1) is 0 Å². The zero-order valence-electron chi connectivity index (χ0n) is 45.9. The van der Waals surface area contributed by atoms with Gasteiger partial charge in [-0.05, 0) is 57.8 Å². The minimum atomic E-state index is -0.855. The van der Waals surface area contributed by atoms with Crippen LogP contribution in [0.4, 0.5) is 0 Å². The lowest BCUT2D eigenvalue weighted by molar-refractivity contribution is -0.143. The van der Waals surface area contributed by atoms with Gasteiger partial charge in [-0.25, -0.2) is 0 Å². The van der Waals surface area contributed by atoms with Crippen LogP contribution in [0.1, 0.15) is 335 Å². The molecule has 0 rings (SSSR count). The fourth-order valence-corrected chi connectivity index (χ4v) is 9.51. The van der Waals surface area contributed by atoms with Gasteiger partial charge in [-0.3, -0.25) is 9.59 Å². The lowest BCUT2D eigenvalue weighted by Gasteiger charge is -2.20. The number of allylic oxidation sites excluding steroid dienone is 3. The summed E-state index contributed by atoms with van der Waals surface area (Å²) in [5, 5.41) is 23.2. The van der Waals surface area contributed by atoms with Gasteiger partial charge in [-0.1, -0.05) is 289 Å². The number of nitrogens with one attached hydrogen (secondary N) is 1. The van der Waals surface area contributed by atoms with Crippen molar-refractivity contribution in [2.45, 2.75) is 347 Å². The van der Waals surface area contributed by atoms with Gasteiger partial charge >= 0.3 is 5.97 Å². The van der Waals surface area contributed by atoms with E-state index in [0.29, 0.717) is 19.4 Å². The third-order valence-electron chi connectivity index (χ3n) is 14.2. The summed E-state index contributed by atoms with van der Waals surface area (Å²) in [4.78, 5) is 24.6. The number of hydrogen-bond donors (Lipinski definition) is 3. The van der Waals surface area contributed by atoms with Gasteiger partial charge in [0.2, 0.25) is 5.91 Å². The smallest absolute Gasteiger partial charge is 0.305 e. The molecular weight excluding hydrogens is 839 g/mol. The maximum absolute atomic E-state index is 12.5. The lowest BCUT2D eigenvalue weighted by atomic mass is 10.0. The van der Waals surface area contributed by atoms with Gasteiger partial charge in [-0.15, -0.1) is 0 Å². The molecule has 3 N–H and O–H groups in total. The minimum Gasteiger partial charge on any atom is -0.466 e. The average molecular weight is 959 g/mol. The zero-order chi connectivity index (χ0) is 49.3. The number of aliphatic hydroxyl groups is 2. The predicted octanol–water partition coefficient (Wildman–Crippen LogP) is 19.0. The van der Waals surface area contributed by atoms with Crippen LogP contribution in [-0.2, 0) is 14.3 Å². The first-order chi connectivity index (χ1) is 33.5. The lowest BCUT2D eigenvalue weighted by Crippen LogP contribution is -2.45. The van der Waals surface area contributed by atoms with Gasteiger partial charge in [0, 0.05) is 12.8 Å². The topological polar surface area (TPSA) is 95.9 Å². The second-order valence-electron chi connectivity index (χ2n) is 21.0. The molecule has 0 heterocycles. The number of carbonyl (C=O) groups excluding carboxylic acids is 2. The van der Waals surface area contributed by atoms with Crippen LogP contribution < -0.4 is 5.32 Å². The Kier molecular flexibility index (Phi) is 56.5. The van der Waals surface area contributed by atoms with E-state index < -0.39 is 12.1 Å². The quantitative estimate of drug-likeness (QED) is 0.0321. The highest BCUT2D eigenvalue weighted by Crippen LogP contribution is 2.17. The van der Waals surface area contributed by atoms with E-state index in [0.717, 1.165) is 57.8 Å². The third kappa shape index (κ3) is 53.7. The fourth-order valence-electron chi connectivity index (χ4n) is 9.51. The average Bonchev–Trinajstić information content (AvgIpc) is 3.34. The first-order valence-electron chi connectivity index (χ1n) is 30.6. The Morgan fingerprint density at radius 3 is 1.04 bits per heavy atom. The summed E-state index contributed by atoms with van der Waals surface area (Å²) < 4.78 is 5.49. The van der Waals surface area contributed by atoms with Crippen LogP contribution in [0.15, 0.2) is 24.3 Å². The summed E-state index contributed by atoms with van der Waals surface area (Å²) in [5.74, 6) is -0.0911. The summed E-state index contributed by atoms with van der Waals surface area (Å²) in [6, 6.07) is -0.640. The molecule has 0 aromatic rings. The summed E-state index contributed by atoms with van der Waals surface area (Å²) in [6.45, 7) is 4.89. The highest BCUT2D eigenvalue weighted by atomic mass is 16.5. The molecule has 1 amide bonds. The molecular formula is C62H119NO5. The van der Waals surface area contributed by atoms with Gasteiger partial charge in [0.25, 0.3) is 0 Å². The van der Waals surface area contributed by atoms with Crippen LogP contribution in [0.2, 0.25) is 0 Å². The number of hydrogen-bond acceptors (Lipinski definition) is 5. The molecule has 0 aliphatic carbocycles. The molecule has 6 heteroatoms. The molecule has 0 aliphatic heterocycles. The molecule has 402 valence electrons. The molecule has 0 fully saturated rings. The van der Waals surface area contributed by atoms with Crippen molar-refractivity contribution in [1.29, 1.82) is 0 Å². The number of ether oxygens (including phenoxy) is 1. The molecule has 0 saturated heterocycles. The van der Waals surface area contributed by atoms with Crippen molar-refractivity contribution in [2.75, 3.05) is 13.2 Å². The first-order valence-corrected chi connectivity index (χ1v) is 30.6. The molecule has 0 spiro atoms. The van der Waals surface area contributed by atoms with Crippen molar-refractivity contribution < 1.29 is 24.5 Å². The number of esters is 1. The molecule has 0 aromatic heterocycles. The molecule has 0 aromatic carbocycles. The second kappa shape index (κ2) is 57.9. The van der Waals surface area contributed by atoms with Gasteiger partial charge in [-0.2, -0.15) is 0 Å². The molecule has 2 atom stereocenters. The standard InChI is InChI=1S/C62H119NO5/c1-3-5-7-9-11-13-15-17-19-21-23-25-26-28-30-34-38-42-46-50-54-60(65)59(58-64)63-61(66)55-51-47-43-39-35-32-33-37-41-45-49-53-57-68-62(67)56-52-48-44-40-36-31-29-27-24-22-20-18-16-14-12-10-8-6-4-2/h18,20,50,54,59-60,64-65H,3-17,19,21-49,51-53,55-58H2,1-2H3,(H,63,66)/b20-18-,54-50+. The maximum atomic E-state index is 12.5. The van der Waals surface area contributed by atoms with Crippen molar-refractivity contribution in [2.24, 2.45) is 0 Å². The number of amides is 1. The zero-order valence-corrected chi connectivity index (χ0v) is 45.9. The van der Waals surface area contributed by atoms with Crippen LogP contribution in [0.5, 0.6) is 0 Å². The molecule has 0 radical (unpaired) electrons. The van der Waals surface area contributed by atoms with Gasteiger partial charge in [0.05, 0.1) is 25.4 Å². The highest BCUT2D eigenvalue weighted by molar-refractivity contribution is 5.76. The number of aliphatic hydroxyl groups excluding tert-OH is 2. The predicted molar refractivity (Wildman–Crippen MR) is 296 cm³/mol. The summed E-state index contributed by atoms with van der Waals surface area (Å²) >= 11 is 0. The Bertz CT molecular complexity index is 1060. The van der Waals surface area contributed by atoms with Crippen molar-refractivity contribution >= 4 is 11.9 Å². The Morgan fingerprint density at radius 1 is 0.397 bits per heavy atom. The van der Waals surface area contributed by atoms with E-state index in [9.17, 15) is 19.8 Å². The van der Waals surface area contributed by atoms with E-state index >= 15 is 0 Å². The van der Waals surface area contributed by atoms with Crippen molar-refractivity contribution in [3.63, 3.8) is 0 Å². The van der Waals surface area contributed by atoms with Crippen molar-refractivity contribution in [3.8, 4) is 0 Å². The largest absolute Gasteiger partial charge is 0.466 e. The van der Waals surface area contributed by atoms with E-state index in [4.69, 9.17) is 4.74 Å². The Labute approximate surface area is 424 Å². The van der Waals surface area contributed by atoms with E-state index in [-0.39, 0.29) is 18.5 Å². The molecule has 0 aliphatic rings. The van der Waals surface area contributed by atoms with Crippen LogP contribution in [-0.4, -0.2) is 47.4 Å².